The monoisotopic (exact) mass is 517 g/mol. The molecule has 0 aliphatic carbocycles. The van der Waals surface area contributed by atoms with Gasteiger partial charge in [-0.05, 0) is 22.2 Å². The number of azide groups is 1. The standard InChI is InChI=1S/C29H31N3O6/c1-20(31-32-30)24-25(35-17-21-11-5-2-6-12-21)26(36-18-22-13-7-3-8-14-22)27(28(38-24)29(33)34)37-19-23-15-9-4-10-16-23/h2-16,20,24-28H,17-19H2,1H3,(H,33,34)/t20-,24-,25-,26+,27-,28-/m0/s1. The molecule has 1 N–H and O–H groups in total. The summed E-state index contributed by atoms with van der Waals surface area (Å²) in [4.78, 5) is 15.3. The lowest BCUT2D eigenvalue weighted by Crippen LogP contribution is -2.64. The number of carboxylic acid groups (broad SMARTS) is 1. The van der Waals surface area contributed by atoms with E-state index in [0.717, 1.165) is 16.7 Å². The van der Waals surface area contributed by atoms with Crippen LogP contribution in [0.15, 0.2) is 96.1 Å². The van der Waals surface area contributed by atoms with E-state index >= 15 is 0 Å². The predicted octanol–water partition coefficient (Wildman–Crippen LogP) is 5.29. The maximum absolute atomic E-state index is 12.4. The van der Waals surface area contributed by atoms with E-state index in [1.807, 2.05) is 91.0 Å². The first kappa shape index (κ1) is 27.3. The molecule has 0 saturated carbocycles. The molecule has 38 heavy (non-hydrogen) atoms. The second-order valence-corrected chi connectivity index (χ2v) is 9.09. The third-order valence-electron chi connectivity index (χ3n) is 6.38. The topological polar surface area (TPSA) is 123 Å². The van der Waals surface area contributed by atoms with E-state index in [1.165, 1.54) is 0 Å². The molecule has 0 amide bonds. The van der Waals surface area contributed by atoms with Crippen LogP contribution in [-0.4, -0.2) is 47.6 Å². The average molecular weight is 518 g/mol. The second-order valence-electron chi connectivity index (χ2n) is 9.09. The predicted molar refractivity (Wildman–Crippen MR) is 140 cm³/mol. The van der Waals surface area contributed by atoms with Crippen molar-refractivity contribution in [1.29, 1.82) is 0 Å². The Morgan fingerprint density at radius 1 is 0.816 bits per heavy atom. The molecule has 3 aromatic rings. The molecule has 4 rings (SSSR count). The molecule has 9 nitrogen and oxygen atoms in total. The smallest absolute Gasteiger partial charge is 0.335 e. The molecule has 1 heterocycles. The fourth-order valence-electron chi connectivity index (χ4n) is 4.47. The third-order valence-corrected chi connectivity index (χ3v) is 6.38. The molecule has 1 fully saturated rings. The van der Waals surface area contributed by atoms with Gasteiger partial charge in [0.1, 0.15) is 18.3 Å². The molecular weight excluding hydrogens is 486 g/mol. The lowest BCUT2D eigenvalue weighted by atomic mass is 9.91. The Kier molecular flexibility index (Phi) is 9.86. The van der Waals surface area contributed by atoms with Crippen molar-refractivity contribution in [2.24, 2.45) is 5.11 Å². The largest absolute Gasteiger partial charge is 0.479 e. The van der Waals surface area contributed by atoms with Gasteiger partial charge in [0, 0.05) is 4.91 Å². The highest BCUT2D eigenvalue weighted by Crippen LogP contribution is 2.33. The lowest BCUT2D eigenvalue weighted by molar-refractivity contribution is -0.267. The van der Waals surface area contributed by atoms with Gasteiger partial charge in [0.25, 0.3) is 0 Å². The Morgan fingerprint density at radius 3 is 1.66 bits per heavy atom. The van der Waals surface area contributed by atoms with E-state index in [4.69, 9.17) is 24.5 Å². The van der Waals surface area contributed by atoms with E-state index in [1.54, 1.807) is 6.92 Å². The average Bonchev–Trinajstić information content (AvgIpc) is 2.95. The Labute approximate surface area is 221 Å². The molecule has 9 heteroatoms. The molecule has 6 atom stereocenters. The van der Waals surface area contributed by atoms with Crippen LogP contribution in [0.4, 0.5) is 0 Å². The van der Waals surface area contributed by atoms with Gasteiger partial charge in [-0.15, -0.1) is 0 Å². The van der Waals surface area contributed by atoms with Gasteiger partial charge in [0.15, 0.2) is 6.10 Å². The summed E-state index contributed by atoms with van der Waals surface area (Å²) in [5.41, 5.74) is 11.8. The summed E-state index contributed by atoms with van der Waals surface area (Å²) in [6.45, 7) is 2.26. The molecule has 1 aliphatic rings. The third kappa shape index (κ3) is 7.19. The Hall–Kier alpha value is -3.72. The highest BCUT2D eigenvalue weighted by atomic mass is 16.6. The molecule has 0 spiro atoms. The number of nitrogens with zero attached hydrogens (tertiary/aromatic N) is 3. The summed E-state index contributed by atoms with van der Waals surface area (Å²) in [6, 6.07) is 27.9. The van der Waals surface area contributed by atoms with Crippen LogP contribution in [0.25, 0.3) is 10.4 Å². The minimum absolute atomic E-state index is 0.159. The summed E-state index contributed by atoms with van der Waals surface area (Å²) in [5.74, 6) is -1.20. The van der Waals surface area contributed by atoms with Gasteiger partial charge in [-0.25, -0.2) is 4.79 Å². The van der Waals surface area contributed by atoms with Crippen molar-refractivity contribution < 1.29 is 28.8 Å². The van der Waals surface area contributed by atoms with E-state index in [0.29, 0.717) is 0 Å². The van der Waals surface area contributed by atoms with Crippen LogP contribution in [0.5, 0.6) is 0 Å². The zero-order chi connectivity index (χ0) is 26.7. The van der Waals surface area contributed by atoms with Gasteiger partial charge in [0.2, 0.25) is 0 Å². The van der Waals surface area contributed by atoms with Crippen LogP contribution in [0.1, 0.15) is 23.6 Å². The number of aliphatic carboxylic acids is 1. The van der Waals surface area contributed by atoms with Crippen LogP contribution in [0.3, 0.4) is 0 Å². The number of carbonyl (C=O) groups is 1. The molecule has 0 aromatic heterocycles. The van der Waals surface area contributed by atoms with Crippen molar-refractivity contribution in [3.8, 4) is 0 Å². The number of hydrogen-bond acceptors (Lipinski definition) is 6. The minimum atomic E-state index is -1.36. The maximum atomic E-state index is 12.4. The van der Waals surface area contributed by atoms with E-state index < -0.39 is 42.5 Å². The Balaban J connectivity index is 1.67. The number of benzene rings is 3. The van der Waals surface area contributed by atoms with Crippen molar-refractivity contribution in [3.05, 3.63) is 118 Å². The second kappa shape index (κ2) is 13.7. The molecule has 1 saturated heterocycles. The van der Waals surface area contributed by atoms with Gasteiger partial charge in [0.05, 0.1) is 32.0 Å². The van der Waals surface area contributed by atoms with Crippen molar-refractivity contribution in [3.63, 3.8) is 0 Å². The Morgan fingerprint density at radius 2 is 1.24 bits per heavy atom. The van der Waals surface area contributed by atoms with Gasteiger partial charge >= 0.3 is 5.97 Å². The first-order chi connectivity index (χ1) is 18.6. The summed E-state index contributed by atoms with van der Waals surface area (Å²) in [5, 5.41) is 13.9. The highest BCUT2D eigenvalue weighted by Gasteiger charge is 2.52. The zero-order valence-corrected chi connectivity index (χ0v) is 21.1. The summed E-state index contributed by atoms with van der Waals surface area (Å²) in [6.07, 6.45) is -4.85. The van der Waals surface area contributed by atoms with Crippen molar-refractivity contribution in [2.75, 3.05) is 0 Å². The minimum Gasteiger partial charge on any atom is -0.479 e. The van der Waals surface area contributed by atoms with Gasteiger partial charge in [-0.1, -0.05) is 103 Å². The molecule has 3 aromatic carbocycles. The van der Waals surface area contributed by atoms with Crippen LogP contribution >= 0.6 is 0 Å². The van der Waals surface area contributed by atoms with Crippen molar-refractivity contribution >= 4 is 5.97 Å². The summed E-state index contributed by atoms with van der Waals surface area (Å²) in [7, 11) is 0. The van der Waals surface area contributed by atoms with E-state index in [2.05, 4.69) is 10.0 Å². The first-order valence-corrected chi connectivity index (χ1v) is 12.5. The number of hydrogen-bond donors (Lipinski definition) is 1. The van der Waals surface area contributed by atoms with Crippen LogP contribution in [-0.2, 0) is 43.6 Å². The quantitative estimate of drug-likeness (QED) is 0.198. The number of carboxylic acids is 1. The van der Waals surface area contributed by atoms with Crippen LogP contribution < -0.4 is 0 Å². The van der Waals surface area contributed by atoms with E-state index in [9.17, 15) is 9.90 Å². The molecule has 0 unspecified atom stereocenters. The molecule has 1 aliphatic heterocycles. The molecule has 0 bridgehead atoms. The summed E-state index contributed by atoms with van der Waals surface area (Å²) >= 11 is 0. The van der Waals surface area contributed by atoms with Crippen molar-refractivity contribution in [1.82, 2.24) is 0 Å². The maximum Gasteiger partial charge on any atom is 0.335 e. The van der Waals surface area contributed by atoms with Gasteiger partial charge in [-0.3, -0.25) is 0 Å². The first-order valence-electron chi connectivity index (χ1n) is 12.5. The number of rotatable bonds is 12. The van der Waals surface area contributed by atoms with E-state index in [-0.39, 0.29) is 19.8 Å². The normalized spacial score (nSPS) is 23.8. The lowest BCUT2D eigenvalue weighted by Gasteiger charge is -2.46. The zero-order valence-electron chi connectivity index (χ0n) is 21.1. The molecule has 0 radical (unpaired) electrons. The fourth-order valence-corrected chi connectivity index (χ4v) is 4.47. The van der Waals surface area contributed by atoms with Crippen molar-refractivity contribution in [2.45, 2.75) is 63.3 Å². The molecular formula is C29H31N3O6. The van der Waals surface area contributed by atoms with Gasteiger partial charge in [-0.2, -0.15) is 0 Å². The van der Waals surface area contributed by atoms with Crippen LogP contribution in [0.2, 0.25) is 0 Å². The summed E-state index contributed by atoms with van der Waals surface area (Å²) < 4.78 is 25.0. The van der Waals surface area contributed by atoms with Crippen LogP contribution in [0, 0.1) is 0 Å². The highest BCUT2D eigenvalue weighted by molar-refractivity contribution is 5.73. The Bertz CT molecular complexity index is 1190. The SMILES string of the molecule is C[C@H](N=[N+]=[N-])[C@@H]1O[C@H](C(=O)O)[C@@H](OCc2ccccc2)[C@H](OCc2ccccc2)[C@H]1OCc1ccccc1. The fraction of sp³-hybridized carbons (Fsp3) is 0.345. The van der Waals surface area contributed by atoms with Gasteiger partial charge < -0.3 is 24.1 Å². The molecule has 198 valence electrons. The number of ether oxygens (including phenoxy) is 4.